The highest BCUT2D eigenvalue weighted by Crippen LogP contribution is 2.39. The Labute approximate surface area is 299 Å². The lowest BCUT2D eigenvalue weighted by Crippen LogP contribution is -1.94. The van der Waals surface area contributed by atoms with Crippen LogP contribution in [0.5, 0.6) is 0 Å². The van der Waals surface area contributed by atoms with Gasteiger partial charge in [0.2, 0.25) is 0 Å². The molecule has 0 aliphatic heterocycles. The summed E-state index contributed by atoms with van der Waals surface area (Å²) in [6.45, 7) is 4.39. The summed E-state index contributed by atoms with van der Waals surface area (Å²) >= 11 is 0. The van der Waals surface area contributed by atoms with Crippen LogP contribution in [0.15, 0.2) is 182 Å². The summed E-state index contributed by atoms with van der Waals surface area (Å²) in [5, 5.41) is 11.5. The minimum atomic E-state index is 1.06. The second kappa shape index (κ2) is 12.8. The topological polar surface area (TPSA) is 12.0 Å². The number of benzene rings is 9. The van der Waals surface area contributed by atoms with Crippen molar-refractivity contribution in [1.82, 2.24) is 0 Å². The van der Waals surface area contributed by atoms with Crippen LogP contribution in [0.1, 0.15) is 11.1 Å². The molecule has 0 unspecified atom stereocenters. The Morgan fingerprint density at radius 3 is 1.53 bits per heavy atom. The zero-order valence-corrected chi connectivity index (χ0v) is 28.8. The van der Waals surface area contributed by atoms with Crippen molar-refractivity contribution in [2.75, 3.05) is 5.32 Å². The number of hydrogen-bond acceptors (Lipinski definition) is 1. The number of fused-ring (bicyclic) bond motifs is 6. The van der Waals surface area contributed by atoms with Crippen molar-refractivity contribution in [2.45, 2.75) is 13.8 Å². The third-order valence-corrected chi connectivity index (χ3v) is 10.3. The first kappa shape index (κ1) is 30.6. The largest absolute Gasteiger partial charge is 0.355 e. The average Bonchev–Trinajstić information content (AvgIpc) is 3.18. The van der Waals surface area contributed by atoms with E-state index in [1.807, 2.05) is 0 Å². The van der Waals surface area contributed by atoms with E-state index in [0.717, 1.165) is 11.4 Å². The molecule has 9 rings (SSSR count). The minimum absolute atomic E-state index is 1.06. The van der Waals surface area contributed by atoms with E-state index in [9.17, 15) is 0 Å². The molecule has 51 heavy (non-hydrogen) atoms. The lowest BCUT2D eigenvalue weighted by molar-refractivity contribution is 1.41. The molecule has 0 aliphatic rings. The fourth-order valence-corrected chi connectivity index (χ4v) is 7.75. The van der Waals surface area contributed by atoms with E-state index in [1.165, 1.54) is 88.0 Å². The van der Waals surface area contributed by atoms with Gasteiger partial charge in [-0.15, -0.1) is 0 Å². The van der Waals surface area contributed by atoms with Crippen molar-refractivity contribution < 1.29 is 0 Å². The summed E-state index contributed by atoms with van der Waals surface area (Å²) in [4.78, 5) is 0. The summed E-state index contributed by atoms with van der Waals surface area (Å²) in [5.74, 6) is 0. The monoisotopic (exact) mass is 651 g/mol. The lowest BCUT2D eigenvalue weighted by atomic mass is 9.92. The van der Waals surface area contributed by atoms with Crippen LogP contribution in [0.3, 0.4) is 0 Å². The second-order valence-corrected chi connectivity index (χ2v) is 13.5. The van der Waals surface area contributed by atoms with Crippen molar-refractivity contribution in [2.24, 2.45) is 0 Å². The van der Waals surface area contributed by atoms with E-state index in [0.29, 0.717) is 0 Å². The smallest absolute Gasteiger partial charge is 0.0463 e. The van der Waals surface area contributed by atoms with Crippen LogP contribution < -0.4 is 5.32 Å². The molecule has 0 saturated carbocycles. The standard InChI is InChI=1S/C50H37N/c1-33-13-3-4-18-41(33)42-27-25-37(29-34(42)2)35-14-11-16-39(30-35)43-19-9-10-24-50(43)51-40-17-12-15-36(31-40)38-26-28-48-46-22-6-5-20-44(46)45-21-7-8-23-47(45)49(48)32-38/h3-32,51H,1-2H3. The molecule has 242 valence electrons. The Morgan fingerprint density at radius 1 is 0.294 bits per heavy atom. The van der Waals surface area contributed by atoms with Crippen LogP contribution in [0.2, 0.25) is 0 Å². The molecule has 0 amide bonds. The first-order chi connectivity index (χ1) is 25.1. The van der Waals surface area contributed by atoms with Gasteiger partial charge in [-0.25, -0.2) is 0 Å². The molecule has 0 saturated heterocycles. The molecule has 9 aromatic rings. The third kappa shape index (κ3) is 5.63. The molecule has 0 bridgehead atoms. The summed E-state index contributed by atoms with van der Waals surface area (Å²) in [5.41, 5.74) is 14.5. The third-order valence-electron chi connectivity index (χ3n) is 10.3. The summed E-state index contributed by atoms with van der Waals surface area (Å²) < 4.78 is 0. The van der Waals surface area contributed by atoms with E-state index in [1.54, 1.807) is 0 Å². The number of hydrogen-bond donors (Lipinski definition) is 1. The SMILES string of the molecule is Cc1ccccc1-c1ccc(-c2cccc(-c3ccccc3Nc3cccc(-c4ccc5c6ccccc6c6ccccc6c5c4)c3)c2)cc1C. The van der Waals surface area contributed by atoms with Gasteiger partial charge < -0.3 is 5.32 Å². The van der Waals surface area contributed by atoms with Gasteiger partial charge in [-0.3, -0.25) is 0 Å². The highest BCUT2D eigenvalue weighted by Gasteiger charge is 2.12. The number of para-hydroxylation sites is 1. The van der Waals surface area contributed by atoms with E-state index in [-0.39, 0.29) is 0 Å². The van der Waals surface area contributed by atoms with Gasteiger partial charge in [-0.05, 0) is 127 Å². The Morgan fingerprint density at radius 2 is 0.804 bits per heavy atom. The van der Waals surface area contributed by atoms with Crippen molar-refractivity contribution in [3.05, 3.63) is 193 Å². The van der Waals surface area contributed by atoms with Crippen LogP contribution in [0.4, 0.5) is 11.4 Å². The first-order valence-corrected chi connectivity index (χ1v) is 17.7. The maximum Gasteiger partial charge on any atom is 0.0463 e. The maximum absolute atomic E-state index is 3.77. The fraction of sp³-hybridized carbons (Fsp3) is 0.0400. The van der Waals surface area contributed by atoms with Gasteiger partial charge in [0.25, 0.3) is 0 Å². The molecule has 1 N–H and O–H groups in total. The molecule has 0 heterocycles. The van der Waals surface area contributed by atoms with Gasteiger partial charge in [-0.2, -0.15) is 0 Å². The zero-order valence-electron chi connectivity index (χ0n) is 28.8. The van der Waals surface area contributed by atoms with E-state index >= 15 is 0 Å². The normalized spacial score (nSPS) is 11.3. The molecule has 0 aliphatic carbocycles. The Hall–Kier alpha value is -6.44. The van der Waals surface area contributed by atoms with Crippen LogP contribution in [-0.4, -0.2) is 0 Å². The van der Waals surface area contributed by atoms with Gasteiger partial charge in [-0.1, -0.05) is 152 Å². The van der Waals surface area contributed by atoms with E-state index < -0.39 is 0 Å². The Balaban J connectivity index is 1.04. The van der Waals surface area contributed by atoms with E-state index in [4.69, 9.17) is 0 Å². The molecule has 1 heteroatoms. The highest BCUT2D eigenvalue weighted by atomic mass is 14.9. The number of rotatable bonds is 6. The molecule has 0 aromatic heterocycles. The average molecular weight is 652 g/mol. The minimum Gasteiger partial charge on any atom is -0.355 e. The predicted octanol–water partition coefficient (Wildman–Crippen LogP) is 14.2. The fourth-order valence-electron chi connectivity index (χ4n) is 7.75. The zero-order chi connectivity index (χ0) is 34.3. The molecule has 0 radical (unpaired) electrons. The van der Waals surface area contributed by atoms with Gasteiger partial charge in [0.15, 0.2) is 0 Å². The summed E-state index contributed by atoms with van der Waals surface area (Å²) in [6.07, 6.45) is 0. The lowest BCUT2D eigenvalue weighted by Gasteiger charge is -2.15. The molecular formula is C50H37N. The molecule has 0 fully saturated rings. The Kier molecular flexibility index (Phi) is 7.67. The van der Waals surface area contributed by atoms with E-state index in [2.05, 4.69) is 201 Å². The molecule has 1 nitrogen and oxygen atoms in total. The van der Waals surface area contributed by atoms with Gasteiger partial charge in [0, 0.05) is 16.9 Å². The second-order valence-electron chi connectivity index (χ2n) is 13.5. The number of nitrogens with one attached hydrogen (secondary N) is 1. The summed E-state index contributed by atoms with van der Waals surface area (Å²) in [6, 6.07) is 66.1. The van der Waals surface area contributed by atoms with Crippen LogP contribution in [-0.2, 0) is 0 Å². The predicted molar refractivity (Wildman–Crippen MR) is 220 cm³/mol. The summed E-state index contributed by atoms with van der Waals surface area (Å²) in [7, 11) is 0. The van der Waals surface area contributed by atoms with Crippen molar-refractivity contribution in [3.8, 4) is 44.5 Å². The van der Waals surface area contributed by atoms with Crippen molar-refractivity contribution >= 4 is 43.7 Å². The maximum atomic E-state index is 3.77. The van der Waals surface area contributed by atoms with Gasteiger partial charge >= 0.3 is 0 Å². The van der Waals surface area contributed by atoms with Crippen molar-refractivity contribution in [1.29, 1.82) is 0 Å². The number of aryl methyl sites for hydroxylation is 2. The van der Waals surface area contributed by atoms with Gasteiger partial charge in [0.05, 0.1) is 0 Å². The highest BCUT2D eigenvalue weighted by molar-refractivity contribution is 6.25. The molecular weight excluding hydrogens is 615 g/mol. The quantitative estimate of drug-likeness (QED) is 0.176. The molecule has 9 aromatic carbocycles. The molecule has 0 spiro atoms. The first-order valence-electron chi connectivity index (χ1n) is 17.7. The van der Waals surface area contributed by atoms with Crippen molar-refractivity contribution in [3.63, 3.8) is 0 Å². The van der Waals surface area contributed by atoms with Crippen LogP contribution >= 0.6 is 0 Å². The van der Waals surface area contributed by atoms with Gasteiger partial charge in [0.1, 0.15) is 0 Å². The Bertz CT molecular complexity index is 2720. The van der Waals surface area contributed by atoms with Crippen LogP contribution in [0, 0.1) is 13.8 Å². The number of anilines is 2. The molecule has 0 atom stereocenters. The van der Waals surface area contributed by atoms with Crippen LogP contribution in [0.25, 0.3) is 76.8 Å².